The number of nitrogens with zero attached hydrogens (tertiary/aromatic N) is 1. The number of ether oxygens (including phenoxy) is 1. The Hall–Kier alpha value is -2.77. The molecule has 0 amide bonds. The first-order chi connectivity index (χ1) is 14.8. The van der Waals surface area contributed by atoms with E-state index < -0.39 is 35.2 Å². The second-order valence-electron chi connectivity index (χ2n) is 8.96. The van der Waals surface area contributed by atoms with Crippen LogP contribution in [0.25, 0.3) is 0 Å². The van der Waals surface area contributed by atoms with Gasteiger partial charge in [0.15, 0.2) is 0 Å². The number of rotatable bonds is 6. The van der Waals surface area contributed by atoms with E-state index >= 15 is 0 Å². The molecule has 0 saturated heterocycles. The summed E-state index contributed by atoms with van der Waals surface area (Å²) in [6, 6.07) is 4.39. The highest BCUT2D eigenvalue weighted by atomic mass is 19.4. The number of alkyl halides is 3. The molecule has 0 spiro atoms. The van der Waals surface area contributed by atoms with Crippen LogP contribution in [-0.4, -0.2) is 33.6 Å². The third-order valence-electron chi connectivity index (χ3n) is 6.23. The van der Waals surface area contributed by atoms with Crippen molar-refractivity contribution in [1.29, 1.82) is 0 Å². The van der Waals surface area contributed by atoms with Crippen molar-refractivity contribution in [2.24, 2.45) is 0 Å². The van der Waals surface area contributed by atoms with Gasteiger partial charge in [0.25, 0.3) is 0 Å². The highest BCUT2D eigenvalue weighted by Crippen LogP contribution is 2.47. The molecule has 1 aliphatic carbocycles. The predicted molar refractivity (Wildman–Crippen MR) is 113 cm³/mol. The lowest BCUT2D eigenvalue weighted by molar-refractivity contribution is -0.152. The Morgan fingerprint density at radius 3 is 2.03 bits per heavy atom. The first-order valence-corrected chi connectivity index (χ1v) is 10.6. The molecule has 0 aromatic heterocycles. The SMILES string of the molecule is CCC(C)(C)OC(=O)C1=C(C)N(C2CC2)C(C)=C(C(=O)O)C1c1ccc(C(F)(F)F)cc1. The molecule has 1 aliphatic heterocycles. The van der Waals surface area contributed by atoms with Crippen molar-refractivity contribution >= 4 is 11.9 Å². The number of carbonyl (C=O) groups is 2. The van der Waals surface area contributed by atoms with Crippen molar-refractivity contribution in [3.63, 3.8) is 0 Å². The van der Waals surface area contributed by atoms with Crippen molar-refractivity contribution < 1.29 is 32.6 Å². The maximum Gasteiger partial charge on any atom is 0.416 e. The lowest BCUT2D eigenvalue weighted by Gasteiger charge is -2.38. The molecular weight excluding hydrogens is 423 g/mol. The van der Waals surface area contributed by atoms with Gasteiger partial charge in [0.05, 0.1) is 22.6 Å². The molecule has 2 aliphatic rings. The zero-order chi connectivity index (χ0) is 24.0. The van der Waals surface area contributed by atoms with Gasteiger partial charge in [0, 0.05) is 17.4 Å². The number of hydrogen-bond acceptors (Lipinski definition) is 4. The molecule has 1 heterocycles. The van der Waals surface area contributed by atoms with Gasteiger partial charge in [-0.15, -0.1) is 0 Å². The molecule has 1 saturated carbocycles. The first kappa shape index (κ1) is 23.9. The molecule has 1 aromatic carbocycles. The third kappa shape index (κ3) is 4.54. The van der Waals surface area contributed by atoms with E-state index in [-0.39, 0.29) is 17.2 Å². The number of benzene rings is 1. The molecule has 1 N–H and O–H groups in total. The van der Waals surface area contributed by atoms with Crippen LogP contribution in [-0.2, 0) is 20.5 Å². The largest absolute Gasteiger partial charge is 0.478 e. The smallest absolute Gasteiger partial charge is 0.416 e. The highest BCUT2D eigenvalue weighted by molar-refractivity contribution is 5.99. The average Bonchev–Trinajstić information content (AvgIpc) is 3.51. The molecule has 0 bridgehead atoms. The summed E-state index contributed by atoms with van der Waals surface area (Å²) in [5, 5.41) is 10.1. The van der Waals surface area contributed by atoms with Crippen molar-refractivity contribution in [2.75, 3.05) is 0 Å². The number of carboxylic acid groups (broad SMARTS) is 1. The van der Waals surface area contributed by atoms with E-state index in [0.717, 1.165) is 25.0 Å². The quantitative estimate of drug-likeness (QED) is 0.568. The summed E-state index contributed by atoms with van der Waals surface area (Å²) in [7, 11) is 0. The molecule has 1 unspecified atom stereocenters. The minimum Gasteiger partial charge on any atom is -0.478 e. The number of aliphatic carboxylic acids is 1. The second-order valence-corrected chi connectivity index (χ2v) is 8.96. The summed E-state index contributed by atoms with van der Waals surface area (Å²) in [5.41, 5.74) is -0.119. The monoisotopic (exact) mass is 451 g/mol. The van der Waals surface area contributed by atoms with Gasteiger partial charge >= 0.3 is 18.1 Å². The predicted octanol–water partition coefficient (Wildman–Crippen LogP) is 5.63. The summed E-state index contributed by atoms with van der Waals surface area (Å²) in [6.45, 7) is 8.81. The molecule has 174 valence electrons. The Labute approximate surface area is 185 Å². The van der Waals surface area contributed by atoms with Gasteiger partial charge in [-0.3, -0.25) is 0 Å². The lowest BCUT2D eigenvalue weighted by Crippen LogP contribution is -2.38. The molecule has 1 atom stereocenters. The number of allylic oxidation sites excluding steroid dienone is 2. The number of hydrogen-bond donors (Lipinski definition) is 1. The summed E-state index contributed by atoms with van der Waals surface area (Å²) < 4.78 is 44.9. The molecule has 32 heavy (non-hydrogen) atoms. The first-order valence-electron chi connectivity index (χ1n) is 10.6. The zero-order valence-electron chi connectivity index (χ0n) is 18.8. The van der Waals surface area contributed by atoms with Gasteiger partial charge in [0.2, 0.25) is 0 Å². The van der Waals surface area contributed by atoms with Crippen LogP contribution in [0.1, 0.15) is 70.9 Å². The van der Waals surface area contributed by atoms with Crippen LogP contribution in [0.5, 0.6) is 0 Å². The third-order valence-corrected chi connectivity index (χ3v) is 6.23. The van der Waals surface area contributed by atoms with Crippen molar-refractivity contribution in [3.8, 4) is 0 Å². The minimum absolute atomic E-state index is 0.0245. The van der Waals surface area contributed by atoms with E-state index in [0.29, 0.717) is 23.4 Å². The van der Waals surface area contributed by atoms with Crippen molar-refractivity contribution in [2.45, 2.75) is 77.6 Å². The van der Waals surface area contributed by atoms with E-state index in [1.54, 1.807) is 27.7 Å². The average molecular weight is 451 g/mol. The Morgan fingerprint density at radius 1 is 1.06 bits per heavy atom. The van der Waals surface area contributed by atoms with Crippen LogP contribution in [0.3, 0.4) is 0 Å². The Kier molecular flexibility index (Phi) is 6.19. The summed E-state index contributed by atoms with van der Waals surface area (Å²) >= 11 is 0. The van der Waals surface area contributed by atoms with Gasteiger partial charge in [0.1, 0.15) is 5.60 Å². The van der Waals surface area contributed by atoms with Gasteiger partial charge in [-0.2, -0.15) is 13.2 Å². The van der Waals surface area contributed by atoms with Gasteiger partial charge in [-0.25, -0.2) is 9.59 Å². The van der Waals surface area contributed by atoms with Crippen LogP contribution in [0.15, 0.2) is 46.8 Å². The Balaban J connectivity index is 2.18. The fourth-order valence-corrected chi connectivity index (χ4v) is 4.07. The summed E-state index contributed by atoms with van der Waals surface area (Å²) in [6.07, 6.45) is -2.23. The lowest BCUT2D eigenvalue weighted by atomic mass is 9.79. The molecule has 1 fully saturated rings. The summed E-state index contributed by atoms with van der Waals surface area (Å²) in [4.78, 5) is 27.6. The number of carbonyl (C=O) groups excluding carboxylic acids is 1. The fraction of sp³-hybridized carbons (Fsp3) is 0.500. The van der Waals surface area contributed by atoms with E-state index in [1.165, 1.54) is 12.1 Å². The van der Waals surface area contributed by atoms with Crippen LogP contribution >= 0.6 is 0 Å². The van der Waals surface area contributed by atoms with Crippen LogP contribution in [0.4, 0.5) is 13.2 Å². The molecular formula is C24H28F3NO4. The number of halogens is 3. The van der Waals surface area contributed by atoms with Gasteiger partial charge in [-0.1, -0.05) is 19.1 Å². The van der Waals surface area contributed by atoms with Crippen molar-refractivity contribution in [1.82, 2.24) is 4.90 Å². The second kappa shape index (κ2) is 8.30. The van der Waals surface area contributed by atoms with Crippen LogP contribution < -0.4 is 0 Å². The number of carboxylic acids is 1. The molecule has 3 rings (SSSR count). The number of esters is 1. The minimum atomic E-state index is -4.52. The van der Waals surface area contributed by atoms with E-state index in [4.69, 9.17) is 4.74 Å². The standard InChI is InChI=1S/C24H28F3NO4/c1-6-23(4,5)32-22(31)19-14(3)28(17-11-12-17)13(2)18(21(29)30)20(19)15-7-9-16(10-8-15)24(25,26)27/h7-10,17,20H,6,11-12H2,1-5H3,(H,29,30). The Morgan fingerprint density at radius 2 is 1.59 bits per heavy atom. The Bertz CT molecular complexity index is 985. The van der Waals surface area contributed by atoms with Gasteiger partial charge < -0.3 is 14.7 Å². The molecule has 0 radical (unpaired) electrons. The maximum atomic E-state index is 13.4. The highest BCUT2D eigenvalue weighted by Gasteiger charge is 2.44. The van der Waals surface area contributed by atoms with E-state index in [1.807, 2.05) is 11.8 Å². The fourth-order valence-electron chi connectivity index (χ4n) is 4.07. The summed E-state index contributed by atoms with van der Waals surface area (Å²) in [5.74, 6) is -2.91. The van der Waals surface area contributed by atoms with Crippen molar-refractivity contribution in [3.05, 3.63) is 57.9 Å². The zero-order valence-corrected chi connectivity index (χ0v) is 18.8. The maximum absolute atomic E-state index is 13.4. The molecule has 8 heteroatoms. The van der Waals surface area contributed by atoms with Gasteiger partial charge in [-0.05, 0) is 64.7 Å². The van der Waals surface area contributed by atoms with Crippen LogP contribution in [0.2, 0.25) is 0 Å². The van der Waals surface area contributed by atoms with E-state index in [2.05, 4.69) is 0 Å². The normalized spacial score (nSPS) is 20.0. The molecule has 1 aromatic rings. The van der Waals surface area contributed by atoms with Crippen LogP contribution in [0, 0.1) is 0 Å². The topological polar surface area (TPSA) is 66.8 Å². The molecule has 5 nitrogen and oxygen atoms in total. The van der Waals surface area contributed by atoms with E-state index in [9.17, 15) is 27.9 Å².